The van der Waals surface area contributed by atoms with Gasteiger partial charge < -0.3 is 14.8 Å². The van der Waals surface area contributed by atoms with Gasteiger partial charge in [0.15, 0.2) is 0 Å². The Labute approximate surface area is 206 Å². The first-order valence-electron chi connectivity index (χ1n) is 10.6. The maximum absolute atomic E-state index is 13.5. The Morgan fingerprint density at radius 1 is 1.18 bits per heavy atom. The number of thioether (sulfide) groups is 1. The molecule has 3 heterocycles. The first-order valence-corrected chi connectivity index (χ1v) is 11.8. The van der Waals surface area contributed by atoms with Gasteiger partial charge in [0, 0.05) is 19.9 Å². The molecule has 0 saturated carbocycles. The number of nitrogens with zero attached hydrogens (tertiary/aromatic N) is 3. The topological polar surface area (TPSA) is 85.2 Å². The van der Waals surface area contributed by atoms with E-state index in [1.165, 1.54) is 21.1 Å². The van der Waals surface area contributed by atoms with E-state index < -0.39 is 0 Å². The highest BCUT2D eigenvalue weighted by molar-refractivity contribution is 8.26. The van der Waals surface area contributed by atoms with Crippen LogP contribution >= 0.6 is 24.0 Å². The van der Waals surface area contributed by atoms with Crippen LogP contribution in [0.5, 0.6) is 5.75 Å². The van der Waals surface area contributed by atoms with Gasteiger partial charge in [0.25, 0.3) is 11.5 Å². The average molecular weight is 497 g/mol. The van der Waals surface area contributed by atoms with E-state index in [9.17, 15) is 9.59 Å². The van der Waals surface area contributed by atoms with Crippen molar-refractivity contribution in [2.24, 2.45) is 0 Å². The van der Waals surface area contributed by atoms with Gasteiger partial charge in [-0.2, -0.15) is 0 Å². The number of carbonyl (C=O) groups is 1. The molecule has 1 aliphatic heterocycles. The van der Waals surface area contributed by atoms with Crippen molar-refractivity contribution in [1.29, 1.82) is 0 Å². The summed E-state index contributed by atoms with van der Waals surface area (Å²) in [6.45, 7) is 3.06. The van der Waals surface area contributed by atoms with E-state index in [4.69, 9.17) is 26.7 Å². The van der Waals surface area contributed by atoms with Gasteiger partial charge in [-0.3, -0.25) is 18.9 Å². The van der Waals surface area contributed by atoms with Gasteiger partial charge in [-0.15, -0.1) is 0 Å². The van der Waals surface area contributed by atoms with Crippen LogP contribution in [0.2, 0.25) is 0 Å². The molecule has 10 heteroatoms. The average Bonchev–Trinajstić information content (AvgIpc) is 3.11. The number of benzene rings is 1. The van der Waals surface area contributed by atoms with E-state index in [0.29, 0.717) is 46.0 Å². The summed E-state index contributed by atoms with van der Waals surface area (Å²) in [5.41, 5.74) is 2.43. The fourth-order valence-electron chi connectivity index (χ4n) is 3.51. The summed E-state index contributed by atoms with van der Waals surface area (Å²) in [5.74, 6) is 0.914. The number of nitrogens with one attached hydrogen (secondary N) is 1. The second-order valence-electron chi connectivity index (χ2n) is 7.59. The van der Waals surface area contributed by atoms with E-state index >= 15 is 0 Å². The van der Waals surface area contributed by atoms with Gasteiger partial charge in [-0.25, -0.2) is 4.98 Å². The van der Waals surface area contributed by atoms with Crippen LogP contribution in [0.4, 0.5) is 5.82 Å². The van der Waals surface area contributed by atoms with Crippen LogP contribution < -0.4 is 15.6 Å². The van der Waals surface area contributed by atoms with Crippen molar-refractivity contribution >= 4 is 51.7 Å². The molecule has 2 aromatic heterocycles. The second-order valence-corrected chi connectivity index (χ2v) is 9.27. The van der Waals surface area contributed by atoms with Crippen LogP contribution in [0.1, 0.15) is 16.7 Å². The normalized spacial score (nSPS) is 14.9. The molecule has 3 aromatic rings. The monoisotopic (exact) mass is 496 g/mol. The Kier molecular flexibility index (Phi) is 7.30. The van der Waals surface area contributed by atoms with Crippen LogP contribution in [0.15, 0.2) is 52.3 Å². The lowest BCUT2D eigenvalue weighted by Gasteiger charge is -2.13. The van der Waals surface area contributed by atoms with Crippen molar-refractivity contribution in [3.63, 3.8) is 0 Å². The number of carbonyl (C=O) groups excluding carboxylic acids is 1. The van der Waals surface area contributed by atoms with Crippen LogP contribution in [-0.4, -0.2) is 51.9 Å². The third kappa shape index (κ3) is 4.84. The lowest BCUT2D eigenvalue weighted by molar-refractivity contribution is -0.122. The third-order valence-corrected chi connectivity index (χ3v) is 6.75. The number of anilines is 1. The Morgan fingerprint density at radius 2 is 1.94 bits per heavy atom. The van der Waals surface area contributed by atoms with Crippen LogP contribution in [0.3, 0.4) is 0 Å². The molecule has 0 unspecified atom stereocenters. The molecule has 1 amide bonds. The van der Waals surface area contributed by atoms with E-state index in [-0.39, 0.29) is 11.5 Å². The summed E-state index contributed by atoms with van der Waals surface area (Å²) < 4.78 is 12.2. The molecule has 1 fully saturated rings. The number of rotatable bonds is 8. The summed E-state index contributed by atoms with van der Waals surface area (Å²) in [7, 11) is 3.18. The fraction of sp³-hybridized carbons (Fsp3) is 0.250. The number of fused-ring (bicyclic) bond motifs is 1. The minimum absolute atomic E-state index is 0.248. The quantitative estimate of drug-likeness (QED) is 0.375. The lowest BCUT2D eigenvalue weighted by Crippen LogP contribution is -2.31. The minimum Gasteiger partial charge on any atom is -0.497 e. The Morgan fingerprint density at radius 3 is 2.65 bits per heavy atom. The molecule has 1 N–H and O–H groups in total. The Balaban J connectivity index is 1.74. The van der Waals surface area contributed by atoms with Gasteiger partial charge in [0.2, 0.25) is 0 Å². The van der Waals surface area contributed by atoms with Crippen molar-refractivity contribution in [3.05, 3.63) is 74.5 Å². The zero-order valence-electron chi connectivity index (χ0n) is 19.0. The number of pyridine rings is 1. The second kappa shape index (κ2) is 10.4. The molecule has 0 bridgehead atoms. The van der Waals surface area contributed by atoms with Crippen LogP contribution in [-0.2, 0) is 16.1 Å². The molecule has 34 heavy (non-hydrogen) atoms. The molecule has 8 nitrogen and oxygen atoms in total. The standard InChI is InChI=1S/C24H24N4O4S2/c1-15-5-4-10-27-21(15)26-20(25-14-16-6-8-17(32-3)9-7-16)18(22(27)29)13-19-23(30)28(11-12-31-2)24(33)34-19/h4-10,13,25H,11-12,14H2,1-3H3. The van der Waals surface area contributed by atoms with Crippen molar-refractivity contribution in [3.8, 4) is 5.75 Å². The maximum atomic E-state index is 13.5. The van der Waals surface area contributed by atoms with Gasteiger partial charge in [-0.05, 0) is 42.3 Å². The maximum Gasteiger partial charge on any atom is 0.267 e. The summed E-state index contributed by atoms with van der Waals surface area (Å²) in [4.78, 5) is 33.0. The number of hydrogen-bond acceptors (Lipinski definition) is 8. The highest BCUT2D eigenvalue weighted by Crippen LogP contribution is 2.33. The van der Waals surface area contributed by atoms with E-state index in [0.717, 1.165) is 16.9 Å². The van der Waals surface area contributed by atoms with E-state index in [1.807, 2.05) is 37.3 Å². The molecule has 1 aliphatic rings. The minimum atomic E-state index is -0.270. The molecule has 1 aromatic carbocycles. The summed E-state index contributed by atoms with van der Waals surface area (Å²) in [5, 5.41) is 3.28. The first kappa shape index (κ1) is 23.9. The number of ether oxygens (including phenoxy) is 2. The molecular weight excluding hydrogens is 472 g/mol. The zero-order valence-corrected chi connectivity index (χ0v) is 20.7. The van der Waals surface area contributed by atoms with Crippen molar-refractivity contribution in [1.82, 2.24) is 14.3 Å². The molecule has 0 radical (unpaired) electrons. The van der Waals surface area contributed by atoms with E-state index in [1.54, 1.807) is 32.6 Å². The smallest absolute Gasteiger partial charge is 0.267 e. The number of methoxy groups -OCH3 is 2. The molecule has 0 atom stereocenters. The molecule has 176 valence electrons. The number of hydrogen-bond donors (Lipinski definition) is 1. The lowest BCUT2D eigenvalue weighted by atomic mass is 10.2. The molecular formula is C24H24N4O4S2. The predicted molar refractivity (Wildman–Crippen MR) is 138 cm³/mol. The fourth-order valence-corrected chi connectivity index (χ4v) is 4.80. The Hall–Kier alpha value is -3.21. The predicted octanol–water partition coefficient (Wildman–Crippen LogP) is 3.47. The summed E-state index contributed by atoms with van der Waals surface area (Å²) in [6.07, 6.45) is 3.25. The molecule has 0 spiro atoms. The first-order chi connectivity index (χ1) is 16.4. The summed E-state index contributed by atoms with van der Waals surface area (Å²) in [6, 6.07) is 11.3. The molecule has 1 saturated heterocycles. The number of amides is 1. The van der Waals surface area contributed by atoms with Crippen molar-refractivity contribution in [2.75, 3.05) is 32.7 Å². The molecule has 4 rings (SSSR count). The highest BCUT2D eigenvalue weighted by atomic mass is 32.2. The van der Waals surface area contributed by atoms with Gasteiger partial charge in [0.1, 0.15) is 21.5 Å². The highest BCUT2D eigenvalue weighted by Gasteiger charge is 2.32. The molecule has 0 aliphatic carbocycles. The van der Waals surface area contributed by atoms with Crippen LogP contribution in [0.25, 0.3) is 11.7 Å². The Bertz CT molecular complexity index is 1340. The van der Waals surface area contributed by atoms with Crippen LogP contribution in [0, 0.1) is 6.92 Å². The number of thiocarbonyl (C=S) groups is 1. The number of aromatic nitrogens is 2. The zero-order chi connectivity index (χ0) is 24.2. The SMILES string of the molecule is COCCN1C(=O)C(=Cc2c(NCc3ccc(OC)cc3)nc3c(C)cccn3c2=O)SC1=S. The van der Waals surface area contributed by atoms with Crippen molar-refractivity contribution < 1.29 is 14.3 Å². The third-order valence-electron chi connectivity index (χ3n) is 5.37. The van der Waals surface area contributed by atoms with Gasteiger partial charge in [-0.1, -0.05) is 42.2 Å². The largest absolute Gasteiger partial charge is 0.497 e. The van der Waals surface area contributed by atoms with Crippen molar-refractivity contribution in [2.45, 2.75) is 13.5 Å². The summed E-state index contributed by atoms with van der Waals surface area (Å²) >= 11 is 6.53. The van der Waals surface area contributed by atoms with Gasteiger partial charge >= 0.3 is 0 Å². The van der Waals surface area contributed by atoms with E-state index in [2.05, 4.69) is 5.32 Å². The van der Waals surface area contributed by atoms with Gasteiger partial charge in [0.05, 0.1) is 30.7 Å². The number of aryl methyl sites for hydroxylation is 1.